The Morgan fingerprint density at radius 3 is 2.30 bits per heavy atom. The second-order valence-electron chi connectivity index (χ2n) is 5.37. The molecule has 3 heteroatoms. The first kappa shape index (κ1) is 17.2. The van der Waals surface area contributed by atoms with Crippen molar-refractivity contribution in [2.24, 2.45) is 5.92 Å². The molecule has 1 fully saturated rings. The van der Waals surface area contributed by atoms with Crippen molar-refractivity contribution in [3.8, 4) is 0 Å². The molecule has 1 aliphatic heterocycles. The maximum absolute atomic E-state index is 11.8. The third kappa shape index (κ3) is 4.92. The highest BCUT2D eigenvalue weighted by Crippen LogP contribution is 2.24. The molecule has 0 amide bonds. The highest BCUT2D eigenvalue weighted by Gasteiger charge is 2.24. The largest absolute Gasteiger partial charge is 0.303 e. The van der Waals surface area contributed by atoms with Crippen LogP contribution in [0.25, 0.3) is 0 Å². The maximum atomic E-state index is 11.8. The molecule has 1 aromatic rings. The van der Waals surface area contributed by atoms with Gasteiger partial charge >= 0.3 is 0 Å². The van der Waals surface area contributed by atoms with Gasteiger partial charge < -0.3 is 4.90 Å². The van der Waals surface area contributed by atoms with Crippen molar-refractivity contribution in [3.63, 3.8) is 0 Å². The Kier molecular flexibility index (Phi) is 7.25. The summed E-state index contributed by atoms with van der Waals surface area (Å²) < 4.78 is 0. The number of hydrogen-bond donors (Lipinski definition) is 0. The standard InChI is InChI=1S/C15H20ClNO.C2H6/c1-11-9-17(10-11)8-7-15(12(2)18)13-3-5-14(16)6-4-13;1-2/h3-6,11,15H,7-10H2,1-2H3;1-2H3. The monoisotopic (exact) mass is 295 g/mol. The van der Waals surface area contributed by atoms with E-state index in [2.05, 4.69) is 11.8 Å². The molecule has 0 aliphatic carbocycles. The van der Waals surface area contributed by atoms with Crippen LogP contribution >= 0.6 is 11.6 Å². The fourth-order valence-electron chi connectivity index (χ4n) is 2.62. The van der Waals surface area contributed by atoms with Gasteiger partial charge in [-0.25, -0.2) is 0 Å². The van der Waals surface area contributed by atoms with Gasteiger partial charge in [0.05, 0.1) is 0 Å². The predicted molar refractivity (Wildman–Crippen MR) is 86.4 cm³/mol. The Morgan fingerprint density at radius 1 is 1.30 bits per heavy atom. The minimum absolute atomic E-state index is 0.0122. The van der Waals surface area contributed by atoms with E-state index >= 15 is 0 Å². The first-order valence-corrected chi connectivity index (χ1v) is 7.92. The van der Waals surface area contributed by atoms with Crippen molar-refractivity contribution < 1.29 is 4.79 Å². The molecular weight excluding hydrogens is 270 g/mol. The Balaban J connectivity index is 0.000000956. The lowest BCUT2D eigenvalue weighted by Gasteiger charge is -2.37. The number of ketones is 1. The number of carbonyl (C=O) groups excluding carboxylic acids is 1. The quantitative estimate of drug-likeness (QED) is 0.803. The summed E-state index contributed by atoms with van der Waals surface area (Å²) in [5, 5.41) is 0.720. The van der Waals surface area contributed by atoms with Gasteiger partial charge in [-0.3, -0.25) is 4.79 Å². The van der Waals surface area contributed by atoms with E-state index in [0.717, 1.165) is 29.5 Å². The summed E-state index contributed by atoms with van der Waals surface area (Å²) >= 11 is 5.88. The summed E-state index contributed by atoms with van der Waals surface area (Å²) in [6.07, 6.45) is 0.906. The molecule has 1 aliphatic rings. The molecule has 1 heterocycles. The molecule has 2 nitrogen and oxygen atoms in total. The molecule has 1 atom stereocenters. The number of rotatable bonds is 5. The molecule has 0 saturated carbocycles. The van der Waals surface area contributed by atoms with Gasteiger partial charge in [-0.15, -0.1) is 0 Å². The Morgan fingerprint density at radius 2 is 1.85 bits per heavy atom. The average Bonchev–Trinajstić information content (AvgIpc) is 2.40. The zero-order valence-corrected chi connectivity index (χ0v) is 13.8. The Hall–Kier alpha value is -0.860. The van der Waals surface area contributed by atoms with Crippen molar-refractivity contribution in [1.82, 2.24) is 4.90 Å². The van der Waals surface area contributed by atoms with Crippen molar-refractivity contribution in [2.45, 2.75) is 40.0 Å². The van der Waals surface area contributed by atoms with Crippen LogP contribution in [0.2, 0.25) is 5.02 Å². The number of Topliss-reactive ketones (excluding diaryl/α,β-unsaturated/α-hetero) is 1. The van der Waals surface area contributed by atoms with Crippen LogP contribution in [0.1, 0.15) is 45.6 Å². The molecule has 1 aromatic carbocycles. The summed E-state index contributed by atoms with van der Waals surface area (Å²) in [7, 11) is 0. The highest BCUT2D eigenvalue weighted by molar-refractivity contribution is 6.30. The predicted octanol–water partition coefficient (Wildman–Crippen LogP) is 4.38. The van der Waals surface area contributed by atoms with E-state index in [1.165, 1.54) is 13.1 Å². The second kappa shape index (κ2) is 8.43. The summed E-state index contributed by atoms with van der Waals surface area (Å²) in [6.45, 7) is 11.3. The molecule has 112 valence electrons. The molecule has 0 radical (unpaired) electrons. The topological polar surface area (TPSA) is 20.3 Å². The van der Waals surface area contributed by atoms with E-state index in [-0.39, 0.29) is 11.7 Å². The minimum atomic E-state index is 0.0122. The molecule has 0 aromatic heterocycles. The number of carbonyl (C=O) groups is 1. The lowest BCUT2D eigenvalue weighted by atomic mass is 9.91. The van der Waals surface area contributed by atoms with Crippen LogP contribution in [-0.4, -0.2) is 30.3 Å². The molecule has 2 rings (SSSR count). The summed E-state index contributed by atoms with van der Waals surface area (Å²) in [4.78, 5) is 14.2. The summed E-state index contributed by atoms with van der Waals surface area (Å²) in [5.41, 5.74) is 1.08. The molecule has 0 N–H and O–H groups in total. The molecule has 0 bridgehead atoms. The number of hydrogen-bond acceptors (Lipinski definition) is 2. The molecular formula is C17H26ClNO. The van der Waals surface area contributed by atoms with Crippen LogP contribution in [-0.2, 0) is 4.79 Å². The third-order valence-electron chi connectivity index (χ3n) is 3.64. The first-order chi connectivity index (χ1) is 9.56. The summed E-state index contributed by atoms with van der Waals surface area (Å²) in [5.74, 6) is 1.07. The molecule has 0 spiro atoms. The van der Waals surface area contributed by atoms with Gasteiger partial charge in [-0.2, -0.15) is 0 Å². The molecule has 20 heavy (non-hydrogen) atoms. The Bertz CT molecular complexity index is 410. The maximum Gasteiger partial charge on any atom is 0.137 e. The fourth-order valence-corrected chi connectivity index (χ4v) is 2.75. The van der Waals surface area contributed by atoms with Crippen molar-refractivity contribution in [1.29, 1.82) is 0 Å². The van der Waals surface area contributed by atoms with E-state index < -0.39 is 0 Å². The van der Waals surface area contributed by atoms with Gasteiger partial charge in [-0.1, -0.05) is 44.5 Å². The van der Waals surface area contributed by atoms with Crippen LogP contribution in [0.3, 0.4) is 0 Å². The van der Waals surface area contributed by atoms with Crippen LogP contribution in [0.15, 0.2) is 24.3 Å². The van der Waals surface area contributed by atoms with Crippen LogP contribution < -0.4 is 0 Å². The van der Waals surface area contributed by atoms with E-state index in [4.69, 9.17) is 11.6 Å². The number of likely N-dealkylation sites (tertiary alicyclic amines) is 1. The normalized spacial score (nSPS) is 16.9. The Labute approximate surface area is 128 Å². The first-order valence-electron chi connectivity index (χ1n) is 7.54. The highest BCUT2D eigenvalue weighted by atomic mass is 35.5. The summed E-state index contributed by atoms with van der Waals surface area (Å²) in [6, 6.07) is 7.65. The van der Waals surface area contributed by atoms with E-state index in [9.17, 15) is 4.79 Å². The zero-order valence-electron chi connectivity index (χ0n) is 13.0. The third-order valence-corrected chi connectivity index (χ3v) is 3.89. The average molecular weight is 296 g/mol. The SMILES string of the molecule is CC.CC(=O)C(CCN1CC(C)C1)c1ccc(Cl)cc1. The smallest absolute Gasteiger partial charge is 0.137 e. The van der Waals surface area contributed by atoms with E-state index in [1.807, 2.05) is 38.1 Å². The number of halogens is 1. The van der Waals surface area contributed by atoms with Gasteiger partial charge in [0.2, 0.25) is 0 Å². The van der Waals surface area contributed by atoms with Gasteiger partial charge in [0.1, 0.15) is 5.78 Å². The lowest BCUT2D eigenvalue weighted by molar-refractivity contribution is -0.118. The number of nitrogens with zero attached hydrogens (tertiary/aromatic N) is 1. The van der Waals surface area contributed by atoms with Gasteiger partial charge in [-0.05, 0) is 43.5 Å². The zero-order chi connectivity index (χ0) is 15.1. The second-order valence-corrected chi connectivity index (χ2v) is 5.80. The van der Waals surface area contributed by atoms with Gasteiger partial charge in [0.15, 0.2) is 0 Å². The van der Waals surface area contributed by atoms with Gasteiger partial charge in [0, 0.05) is 24.0 Å². The minimum Gasteiger partial charge on any atom is -0.303 e. The fraction of sp³-hybridized carbons (Fsp3) is 0.588. The van der Waals surface area contributed by atoms with Crippen molar-refractivity contribution >= 4 is 17.4 Å². The lowest BCUT2D eigenvalue weighted by Crippen LogP contribution is -2.45. The molecule has 1 saturated heterocycles. The number of benzene rings is 1. The van der Waals surface area contributed by atoms with E-state index in [1.54, 1.807) is 6.92 Å². The van der Waals surface area contributed by atoms with Crippen molar-refractivity contribution in [2.75, 3.05) is 19.6 Å². The van der Waals surface area contributed by atoms with Crippen LogP contribution in [0, 0.1) is 5.92 Å². The van der Waals surface area contributed by atoms with E-state index in [0.29, 0.717) is 0 Å². The van der Waals surface area contributed by atoms with Crippen molar-refractivity contribution in [3.05, 3.63) is 34.9 Å². The van der Waals surface area contributed by atoms with Crippen LogP contribution in [0.5, 0.6) is 0 Å². The van der Waals surface area contributed by atoms with Gasteiger partial charge in [0.25, 0.3) is 0 Å². The van der Waals surface area contributed by atoms with Crippen LogP contribution in [0.4, 0.5) is 0 Å². The molecule has 1 unspecified atom stereocenters.